The number of ether oxygens (including phenoxy) is 2. The molecule has 1 heterocycles. The Morgan fingerprint density at radius 3 is 2.53 bits per heavy atom. The van der Waals surface area contributed by atoms with Crippen LogP contribution >= 0.6 is 24.0 Å². The van der Waals surface area contributed by atoms with Crippen molar-refractivity contribution in [2.75, 3.05) is 13.7 Å². The SMILES string of the molecule is CCOc1cc(/C=C2\SC(=S)N(C)C2=O)ccc1OCc1ccc2ccccc2c1. The van der Waals surface area contributed by atoms with Crippen LogP contribution < -0.4 is 9.47 Å². The van der Waals surface area contributed by atoms with Gasteiger partial charge in [-0.25, -0.2) is 0 Å². The highest BCUT2D eigenvalue weighted by Crippen LogP contribution is 2.34. The standard InChI is InChI=1S/C24H21NO3S2/c1-3-27-21-13-16(14-22-23(26)25(2)24(29)30-22)9-11-20(21)28-15-17-8-10-18-6-4-5-7-19(18)12-17/h4-14H,3,15H2,1-2H3/b22-14-. The first-order valence-electron chi connectivity index (χ1n) is 9.64. The lowest BCUT2D eigenvalue weighted by molar-refractivity contribution is -0.121. The molecular formula is C24H21NO3S2. The molecule has 152 valence electrons. The maximum absolute atomic E-state index is 12.2. The fourth-order valence-corrected chi connectivity index (χ4v) is 4.37. The van der Waals surface area contributed by atoms with Gasteiger partial charge >= 0.3 is 0 Å². The minimum atomic E-state index is -0.0837. The van der Waals surface area contributed by atoms with E-state index in [2.05, 4.69) is 30.3 Å². The van der Waals surface area contributed by atoms with Crippen LogP contribution in [0.3, 0.4) is 0 Å². The molecule has 30 heavy (non-hydrogen) atoms. The number of likely N-dealkylation sites (N-methyl/N-ethyl adjacent to an activating group) is 1. The number of amides is 1. The van der Waals surface area contributed by atoms with E-state index in [0.717, 1.165) is 11.1 Å². The van der Waals surface area contributed by atoms with Gasteiger partial charge in [-0.3, -0.25) is 9.69 Å². The molecule has 1 fully saturated rings. The van der Waals surface area contributed by atoms with Crippen LogP contribution in [0.4, 0.5) is 0 Å². The summed E-state index contributed by atoms with van der Waals surface area (Å²) in [6.45, 7) is 2.90. The molecule has 0 unspecified atom stereocenters. The number of carbonyl (C=O) groups is 1. The average Bonchev–Trinajstić information content (AvgIpc) is 3.00. The lowest BCUT2D eigenvalue weighted by atomic mass is 10.1. The molecule has 0 saturated carbocycles. The van der Waals surface area contributed by atoms with Gasteiger partial charge in [0.2, 0.25) is 0 Å². The van der Waals surface area contributed by atoms with Crippen LogP contribution in [0.25, 0.3) is 16.8 Å². The molecular weight excluding hydrogens is 414 g/mol. The second kappa shape index (κ2) is 8.90. The summed E-state index contributed by atoms with van der Waals surface area (Å²) >= 11 is 6.50. The van der Waals surface area contributed by atoms with Crippen molar-refractivity contribution in [1.29, 1.82) is 0 Å². The molecule has 0 spiro atoms. The van der Waals surface area contributed by atoms with E-state index < -0.39 is 0 Å². The molecule has 0 aromatic heterocycles. The Bertz CT molecular complexity index is 1160. The molecule has 1 amide bonds. The van der Waals surface area contributed by atoms with Crippen LogP contribution in [0.5, 0.6) is 11.5 Å². The largest absolute Gasteiger partial charge is 0.490 e. The van der Waals surface area contributed by atoms with Crippen molar-refractivity contribution in [1.82, 2.24) is 4.90 Å². The van der Waals surface area contributed by atoms with Crippen molar-refractivity contribution in [2.24, 2.45) is 0 Å². The predicted molar refractivity (Wildman–Crippen MR) is 127 cm³/mol. The van der Waals surface area contributed by atoms with E-state index in [1.807, 2.05) is 43.3 Å². The predicted octanol–water partition coefficient (Wildman–Crippen LogP) is 5.65. The smallest absolute Gasteiger partial charge is 0.265 e. The molecule has 1 saturated heterocycles. The molecule has 3 aromatic carbocycles. The van der Waals surface area contributed by atoms with Crippen LogP contribution in [-0.4, -0.2) is 28.8 Å². The molecule has 0 atom stereocenters. The average molecular weight is 436 g/mol. The van der Waals surface area contributed by atoms with Gasteiger partial charge in [-0.05, 0) is 53.1 Å². The summed E-state index contributed by atoms with van der Waals surface area (Å²) in [5, 5.41) is 2.39. The van der Waals surface area contributed by atoms with E-state index in [4.69, 9.17) is 21.7 Å². The van der Waals surface area contributed by atoms with Crippen LogP contribution in [-0.2, 0) is 11.4 Å². The third-order valence-corrected chi connectivity index (χ3v) is 6.24. The highest BCUT2D eigenvalue weighted by molar-refractivity contribution is 8.26. The van der Waals surface area contributed by atoms with E-state index in [-0.39, 0.29) is 5.91 Å². The maximum Gasteiger partial charge on any atom is 0.265 e. The molecule has 0 N–H and O–H groups in total. The van der Waals surface area contributed by atoms with Gasteiger partial charge in [0.15, 0.2) is 11.5 Å². The van der Waals surface area contributed by atoms with Crippen LogP contribution in [0, 0.1) is 0 Å². The van der Waals surface area contributed by atoms with E-state index in [1.165, 1.54) is 27.4 Å². The Hall–Kier alpha value is -2.83. The first-order chi connectivity index (χ1) is 14.5. The molecule has 0 bridgehead atoms. The van der Waals surface area contributed by atoms with Gasteiger partial charge in [0.1, 0.15) is 10.9 Å². The van der Waals surface area contributed by atoms with Crippen molar-refractivity contribution in [2.45, 2.75) is 13.5 Å². The number of rotatable bonds is 6. The topological polar surface area (TPSA) is 38.8 Å². The summed E-state index contributed by atoms with van der Waals surface area (Å²) in [6.07, 6.45) is 1.83. The normalized spacial score (nSPS) is 15.3. The lowest BCUT2D eigenvalue weighted by Gasteiger charge is -2.13. The number of thiocarbonyl (C=S) groups is 1. The number of hydrogen-bond donors (Lipinski definition) is 0. The van der Waals surface area contributed by atoms with Crippen molar-refractivity contribution >= 4 is 51.1 Å². The van der Waals surface area contributed by atoms with E-state index in [1.54, 1.807) is 7.05 Å². The quantitative estimate of drug-likeness (QED) is 0.370. The van der Waals surface area contributed by atoms with Gasteiger partial charge in [0, 0.05) is 7.05 Å². The summed E-state index contributed by atoms with van der Waals surface area (Å²) in [7, 11) is 1.69. The molecule has 4 nitrogen and oxygen atoms in total. The summed E-state index contributed by atoms with van der Waals surface area (Å²) in [4.78, 5) is 14.3. The molecule has 1 aliphatic rings. The number of nitrogens with zero attached hydrogens (tertiary/aromatic N) is 1. The van der Waals surface area contributed by atoms with Crippen molar-refractivity contribution in [3.63, 3.8) is 0 Å². The van der Waals surface area contributed by atoms with Gasteiger partial charge in [-0.2, -0.15) is 0 Å². The Kier molecular flexibility index (Phi) is 6.06. The summed E-state index contributed by atoms with van der Waals surface area (Å²) in [5.41, 5.74) is 1.96. The zero-order valence-corrected chi connectivity index (χ0v) is 18.4. The highest BCUT2D eigenvalue weighted by Gasteiger charge is 2.28. The Labute approximate surface area is 185 Å². The minimum absolute atomic E-state index is 0.0837. The van der Waals surface area contributed by atoms with Gasteiger partial charge in [0.25, 0.3) is 5.91 Å². The number of fused-ring (bicyclic) bond motifs is 1. The second-order valence-electron chi connectivity index (χ2n) is 6.85. The van der Waals surface area contributed by atoms with Gasteiger partial charge in [0.05, 0.1) is 11.5 Å². The Morgan fingerprint density at radius 1 is 1.00 bits per heavy atom. The summed E-state index contributed by atoms with van der Waals surface area (Å²) < 4.78 is 12.4. The molecule has 1 aliphatic heterocycles. The van der Waals surface area contributed by atoms with Gasteiger partial charge < -0.3 is 9.47 Å². The molecule has 0 aliphatic carbocycles. The van der Waals surface area contributed by atoms with E-state index in [0.29, 0.717) is 33.9 Å². The third kappa shape index (κ3) is 4.35. The monoisotopic (exact) mass is 435 g/mol. The maximum atomic E-state index is 12.2. The van der Waals surface area contributed by atoms with Crippen LogP contribution in [0.15, 0.2) is 65.6 Å². The number of thioether (sulfide) groups is 1. The van der Waals surface area contributed by atoms with Crippen molar-refractivity contribution in [3.05, 3.63) is 76.7 Å². The highest BCUT2D eigenvalue weighted by atomic mass is 32.2. The third-order valence-electron chi connectivity index (χ3n) is 4.76. The van der Waals surface area contributed by atoms with E-state index in [9.17, 15) is 4.79 Å². The minimum Gasteiger partial charge on any atom is -0.490 e. The number of benzene rings is 3. The zero-order valence-electron chi connectivity index (χ0n) is 16.8. The first-order valence-corrected chi connectivity index (χ1v) is 10.9. The lowest BCUT2D eigenvalue weighted by Crippen LogP contribution is -2.22. The van der Waals surface area contributed by atoms with Crippen molar-refractivity contribution in [3.8, 4) is 11.5 Å². The van der Waals surface area contributed by atoms with Crippen LogP contribution in [0.1, 0.15) is 18.1 Å². The second-order valence-corrected chi connectivity index (χ2v) is 8.53. The molecule has 4 rings (SSSR count). The number of carbonyl (C=O) groups excluding carboxylic acids is 1. The van der Waals surface area contributed by atoms with Crippen LogP contribution in [0.2, 0.25) is 0 Å². The number of hydrogen-bond acceptors (Lipinski definition) is 5. The zero-order chi connectivity index (χ0) is 21.1. The Morgan fingerprint density at radius 2 is 1.80 bits per heavy atom. The summed E-state index contributed by atoms with van der Waals surface area (Å²) in [6, 6.07) is 20.3. The Balaban J connectivity index is 1.54. The fraction of sp³-hybridized carbons (Fsp3) is 0.167. The summed E-state index contributed by atoms with van der Waals surface area (Å²) in [5.74, 6) is 1.24. The molecule has 0 radical (unpaired) electrons. The van der Waals surface area contributed by atoms with Gasteiger partial charge in [-0.15, -0.1) is 0 Å². The van der Waals surface area contributed by atoms with Crippen molar-refractivity contribution < 1.29 is 14.3 Å². The fourth-order valence-electron chi connectivity index (χ4n) is 3.19. The van der Waals surface area contributed by atoms with Gasteiger partial charge in [-0.1, -0.05) is 66.4 Å². The first kappa shape index (κ1) is 20.4. The molecule has 6 heteroatoms. The van der Waals surface area contributed by atoms with E-state index >= 15 is 0 Å². The molecule has 3 aromatic rings.